The highest BCUT2D eigenvalue weighted by atomic mass is 35.5. The Morgan fingerprint density at radius 1 is 0.838 bits per heavy atom. The van der Waals surface area contributed by atoms with Gasteiger partial charge in [-0.2, -0.15) is 0 Å². The molecular formula is C32H39ClN2O2. The van der Waals surface area contributed by atoms with Gasteiger partial charge in [0, 0.05) is 31.0 Å². The molecule has 3 aromatic rings. The molecule has 3 rings (SSSR count). The van der Waals surface area contributed by atoms with E-state index >= 15 is 0 Å². The molecule has 4 nitrogen and oxygen atoms in total. The molecule has 1 atom stereocenters. The Bertz CT molecular complexity index is 1140. The van der Waals surface area contributed by atoms with Gasteiger partial charge in [0.15, 0.2) is 0 Å². The van der Waals surface area contributed by atoms with Crippen LogP contribution in [0.1, 0.15) is 62.3 Å². The van der Waals surface area contributed by atoms with Gasteiger partial charge in [0.25, 0.3) is 0 Å². The average Bonchev–Trinajstić information content (AvgIpc) is 2.88. The van der Waals surface area contributed by atoms with E-state index in [1.165, 1.54) is 5.56 Å². The first-order valence-corrected chi connectivity index (χ1v) is 13.5. The highest BCUT2D eigenvalue weighted by molar-refractivity contribution is 6.30. The van der Waals surface area contributed by atoms with Crippen LogP contribution >= 0.6 is 11.6 Å². The summed E-state index contributed by atoms with van der Waals surface area (Å²) in [4.78, 5) is 29.0. The fourth-order valence-corrected chi connectivity index (χ4v) is 4.49. The van der Waals surface area contributed by atoms with Crippen LogP contribution in [0.3, 0.4) is 0 Å². The van der Waals surface area contributed by atoms with Gasteiger partial charge in [-0.3, -0.25) is 9.59 Å². The molecule has 2 amide bonds. The quantitative estimate of drug-likeness (QED) is 0.286. The lowest BCUT2D eigenvalue weighted by Crippen LogP contribution is -2.51. The van der Waals surface area contributed by atoms with Gasteiger partial charge >= 0.3 is 0 Å². The molecule has 5 heteroatoms. The number of nitrogens with one attached hydrogen (secondary N) is 1. The predicted octanol–water partition coefficient (Wildman–Crippen LogP) is 6.81. The van der Waals surface area contributed by atoms with E-state index in [9.17, 15) is 9.59 Å². The van der Waals surface area contributed by atoms with Crippen molar-refractivity contribution < 1.29 is 9.59 Å². The van der Waals surface area contributed by atoms with E-state index in [-0.39, 0.29) is 11.8 Å². The maximum atomic E-state index is 13.8. The molecule has 0 aliphatic heterocycles. The van der Waals surface area contributed by atoms with Gasteiger partial charge in [-0.1, -0.05) is 106 Å². The van der Waals surface area contributed by atoms with Crippen LogP contribution in [0.4, 0.5) is 0 Å². The summed E-state index contributed by atoms with van der Waals surface area (Å²) in [6.45, 7) is 9.34. The Morgan fingerprint density at radius 3 is 2.14 bits per heavy atom. The van der Waals surface area contributed by atoms with Gasteiger partial charge in [0.2, 0.25) is 11.8 Å². The van der Waals surface area contributed by atoms with E-state index in [1.54, 1.807) is 4.90 Å². The zero-order chi connectivity index (χ0) is 26.8. The minimum Gasteiger partial charge on any atom is -0.354 e. The lowest BCUT2D eigenvalue weighted by atomic mass is 9.99. The topological polar surface area (TPSA) is 49.4 Å². The molecule has 0 aliphatic carbocycles. The molecule has 0 spiro atoms. The standard InChI is InChI=1S/C32H39ClN2O2/c1-23(2)21-34-32(37)30(20-26-9-6-5-7-10-26)35(22-27-11-8-12-29(33)19-27)31(36)18-15-25-13-16-28(17-14-25)24(3)4/h5-14,16-17,19,23-24,30H,15,18,20-22H2,1-4H3,(H,34,37)/t30-/m0/s1. The molecule has 0 bridgehead atoms. The van der Waals surface area contributed by atoms with Gasteiger partial charge in [0.05, 0.1) is 0 Å². The number of amides is 2. The number of carbonyl (C=O) groups excluding carboxylic acids is 2. The molecule has 0 unspecified atom stereocenters. The summed E-state index contributed by atoms with van der Waals surface area (Å²) in [6, 6.07) is 25.2. The maximum Gasteiger partial charge on any atom is 0.243 e. The van der Waals surface area contributed by atoms with Gasteiger partial charge in [-0.15, -0.1) is 0 Å². The van der Waals surface area contributed by atoms with Crippen LogP contribution in [0, 0.1) is 5.92 Å². The first-order chi connectivity index (χ1) is 17.7. The molecule has 0 heterocycles. The minimum absolute atomic E-state index is 0.0476. The summed E-state index contributed by atoms with van der Waals surface area (Å²) in [5, 5.41) is 3.68. The van der Waals surface area contributed by atoms with E-state index < -0.39 is 6.04 Å². The Morgan fingerprint density at radius 2 is 1.51 bits per heavy atom. The number of hydrogen-bond acceptors (Lipinski definition) is 2. The molecule has 196 valence electrons. The zero-order valence-corrected chi connectivity index (χ0v) is 23.2. The summed E-state index contributed by atoms with van der Waals surface area (Å²) in [5.74, 6) is 0.599. The van der Waals surface area contributed by atoms with Crippen molar-refractivity contribution >= 4 is 23.4 Å². The monoisotopic (exact) mass is 518 g/mol. The molecule has 0 fully saturated rings. The Balaban J connectivity index is 1.87. The Hall–Kier alpha value is -3.11. The van der Waals surface area contributed by atoms with Crippen LogP contribution in [0.5, 0.6) is 0 Å². The largest absolute Gasteiger partial charge is 0.354 e. The highest BCUT2D eigenvalue weighted by Crippen LogP contribution is 2.20. The van der Waals surface area contributed by atoms with E-state index in [4.69, 9.17) is 11.6 Å². The lowest BCUT2D eigenvalue weighted by Gasteiger charge is -2.32. The van der Waals surface area contributed by atoms with Crippen molar-refractivity contribution in [2.45, 2.75) is 65.5 Å². The molecule has 0 aliphatic rings. The van der Waals surface area contributed by atoms with Crippen LogP contribution in [0.2, 0.25) is 5.02 Å². The van der Waals surface area contributed by atoms with Crippen LogP contribution < -0.4 is 5.32 Å². The number of halogens is 1. The number of carbonyl (C=O) groups is 2. The second-order valence-electron chi connectivity index (χ2n) is 10.4. The first kappa shape index (κ1) is 28.5. The average molecular weight is 519 g/mol. The van der Waals surface area contributed by atoms with E-state index in [0.717, 1.165) is 16.7 Å². The normalized spacial score (nSPS) is 12.0. The third-order valence-corrected chi connectivity index (χ3v) is 6.71. The molecule has 37 heavy (non-hydrogen) atoms. The second kappa shape index (κ2) is 14.0. The molecule has 0 saturated heterocycles. The number of aryl methyl sites for hydroxylation is 1. The van der Waals surface area contributed by atoms with Crippen LogP contribution in [0.15, 0.2) is 78.9 Å². The van der Waals surface area contributed by atoms with Crippen molar-refractivity contribution in [3.63, 3.8) is 0 Å². The third kappa shape index (κ3) is 9.05. The van der Waals surface area contributed by atoms with Crippen LogP contribution in [-0.4, -0.2) is 29.3 Å². The van der Waals surface area contributed by atoms with Crippen molar-refractivity contribution in [3.05, 3.63) is 106 Å². The lowest BCUT2D eigenvalue weighted by molar-refractivity contribution is -0.141. The van der Waals surface area contributed by atoms with Crippen LogP contribution in [0.25, 0.3) is 0 Å². The SMILES string of the molecule is CC(C)CNC(=O)[C@H](Cc1ccccc1)N(Cc1cccc(Cl)c1)C(=O)CCc1ccc(C(C)C)cc1. The molecule has 1 N–H and O–H groups in total. The summed E-state index contributed by atoms with van der Waals surface area (Å²) < 4.78 is 0. The summed E-state index contributed by atoms with van der Waals surface area (Å²) >= 11 is 6.26. The molecule has 3 aromatic carbocycles. The second-order valence-corrected chi connectivity index (χ2v) is 10.8. The fourth-order valence-electron chi connectivity index (χ4n) is 4.27. The predicted molar refractivity (Wildman–Crippen MR) is 153 cm³/mol. The molecule has 0 aromatic heterocycles. The van der Waals surface area contributed by atoms with Gasteiger partial charge < -0.3 is 10.2 Å². The summed E-state index contributed by atoms with van der Waals surface area (Å²) in [5.41, 5.74) is 4.31. The summed E-state index contributed by atoms with van der Waals surface area (Å²) in [6.07, 6.45) is 1.39. The number of benzene rings is 3. The summed E-state index contributed by atoms with van der Waals surface area (Å²) in [7, 11) is 0. The molecule has 0 saturated carbocycles. The van der Waals surface area contributed by atoms with Crippen LogP contribution in [-0.2, 0) is 29.0 Å². The Kier molecular flexibility index (Phi) is 10.8. The fraction of sp³-hybridized carbons (Fsp3) is 0.375. The number of rotatable bonds is 12. The smallest absolute Gasteiger partial charge is 0.243 e. The number of hydrogen-bond donors (Lipinski definition) is 1. The first-order valence-electron chi connectivity index (χ1n) is 13.2. The maximum absolute atomic E-state index is 13.8. The Labute approximate surface area is 227 Å². The van der Waals surface area contributed by atoms with Crippen molar-refractivity contribution in [1.29, 1.82) is 0 Å². The highest BCUT2D eigenvalue weighted by Gasteiger charge is 2.30. The van der Waals surface area contributed by atoms with Gasteiger partial charge in [-0.25, -0.2) is 0 Å². The van der Waals surface area contributed by atoms with Crippen molar-refractivity contribution in [2.24, 2.45) is 5.92 Å². The minimum atomic E-state index is -0.629. The molecular weight excluding hydrogens is 480 g/mol. The van der Waals surface area contributed by atoms with E-state index in [0.29, 0.717) is 49.2 Å². The van der Waals surface area contributed by atoms with Crippen molar-refractivity contribution in [3.8, 4) is 0 Å². The number of nitrogens with zero attached hydrogens (tertiary/aromatic N) is 1. The zero-order valence-electron chi connectivity index (χ0n) is 22.4. The van der Waals surface area contributed by atoms with E-state index in [1.807, 2.05) is 54.6 Å². The third-order valence-electron chi connectivity index (χ3n) is 6.47. The van der Waals surface area contributed by atoms with Crippen molar-refractivity contribution in [1.82, 2.24) is 10.2 Å². The van der Waals surface area contributed by atoms with Gasteiger partial charge in [-0.05, 0) is 52.6 Å². The van der Waals surface area contributed by atoms with Crippen molar-refractivity contribution in [2.75, 3.05) is 6.54 Å². The molecule has 0 radical (unpaired) electrons. The van der Waals surface area contributed by atoms with Gasteiger partial charge in [0.1, 0.15) is 6.04 Å². The van der Waals surface area contributed by atoms with E-state index in [2.05, 4.69) is 57.3 Å².